The van der Waals surface area contributed by atoms with Gasteiger partial charge in [-0.25, -0.2) is 4.57 Å². The molecular weight excluding hydrogens is 577 g/mol. The lowest BCUT2D eigenvalue weighted by Crippen LogP contribution is -2.27. The first-order valence-corrected chi connectivity index (χ1v) is 19.4. The number of carbonyl (C=O) groups is 1. The van der Waals surface area contributed by atoms with E-state index in [0.29, 0.717) is 6.42 Å². The first-order chi connectivity index (χ1) is 21.4. The van der Waals surface area contributed by atoms with E-state index in [0.717, 1.165) is 44.9 Å². The van der Waals surface area contributed by atoms with Gasteiger partial charge in [0.1, 0.15) is 6.61 Å². The molecule has 1 unspecified atom stereocenters. The van der Waals surface area contributed by atoms with Gasteiger partial charge in [0.05, 0.1) is 19.5 Å². The third-order valence-electron chi connectivity index (χ3n) is 7.44. The van der Waals surface area contributed by atoms with Crippen molar-refractivity contribution in [2.45, 2.75) is 168 Å². The van der Waals surface area contributed by atoms with E-state index >= 15 is 0 Å². The Labute approximate surface area is 270 Å². The van der Waals surface area contributed by atoms with E-state index in [1.165, 1.54) is 96.3 Å². The van der Waals surface area contributed by atoms with Gasteiger partial charge in [-0.3, -0.25) is 13.8 Å². The number of phosphoric ester groups is 1. The number of allylic oxidation sites excluding steroid dienone is 3. The van der Waals surface area contributed by atoms with Crippen LogP contribution in [0.4, 0.5) is 0 Å². The topological polar surface area (TPSA) is 117 Å². The number of esters is 1. The Morgan fingerprint density at radius 1 is 0.682 bits per heavy atom. The smallest absolute Gasteiger partial charge is 0.472 e. The first-order valence-electron chi connectivity index (χ1n) is 17.9. The maximum Gasteiger partial charge on any atom is 0.472 e. The SMILES string of the molecule is CCCCC=CCCCCCCCC(=O)O[C@H](COC=CCCCCCCCCCCCCCC)COP(=O)(O)OCCN. The van der Waals surface area contributed by atoms with Gasteiger partial charge < -0.3 is 20.1 Å². The van der Waals surface area contributed by atoms with Gasteiger partial charge in [-0.15, -0.1) is 0 Å². The summed E-state index contributed by atoms with van der Waals surface area (Å²) >= 11 is 0. The molecule has 0 fully saturated rings. The van der Waals surface area contributed by atoms with E-state index < -0.39 is 13.9 Å². The van der Waals surface area contributed by atoms with Crippen molar-refractivity contribution in [3.63, 3.8) is 0 Å². The number of unbranched alkanes of at least 4 members (excludes halogenated alkanes) is 19. The van der Waals surface area contributed by atoms with Gasteiger partial charge in [-0.2, -0.15) is 0 Å². The van der Waals surface area contributed by atoms with Crippen molar-refractivity contribution in [2.75, 3.05) is 26.4 Å². The molecule has 44 heavy (non-hydrogen) atoms. The molecule has 0 bridgehead atoms. The van der Waals surface area contributed by atoms with Crippen molar-refractivity contribution in [3.8, 4) is 0 Å². The third kappa shape index (κ3) is 32.2. The second-order valence-corrected chi connectivity index (χ2v) is 13.3. The molecule has 0 saturated heterocycles. The van der Waals surface area contributed by atoms with Crippen molar-refractivity contribution in [2.24, 2.45) is 5.73 Å². The average molecular weight is 646 g/mol. The highest BCUT2D eigenvalue weighted by Crippen LogP contribution is 2.43. The summed E-state index contributed by atoms with van der Waals surface area (Å²) in [6, 6.07) is 0. The van der Waals surface area contributed by atoms with Crippen LogP contribution in [-0.4, -0.2) is 43.3 Å². The standard InChI is InChI=1S/C35H68NO7P/c1-3-5-7-9-11-13-15-16-17-19-21-23-25-27-30-40-32-34(33-42-44(38,39)41-31-29-36)43-35(37)28-26-24-22-20-18-14-12-10-8-6-4-2/h10,12,27,30,34H,3-9,11,13-26,28-29,31-33,36H2,1-2H3,(H,38,39)/t34-/m1/s1. The second-order valence-electron chi connectivity index (χ2n) is 11.8. The Balaban J connectivity index is 4.18. The van der Waals surface area contributed by atoms with Crippen LogP contribution < -0.4 is 5.73 Å². The van der Waals surface area contributed by atoms with Crippen molar-refractivity contribution < 1.29 is 32.8 Å². The van der Waals surface area contributed by atoms with Gasteiger partial charge >= 0.3 is 13.8 Å². The molecule has 0 amide bonds. The van der Waals surface area contributed by atoms with Crippen LogP contribution >= 0.6 is 7.82 Å². The van der Waals surface area contributed by atoms with Crippen molar-refractivity contribution >= 4 is 13.8 Å². The Hall–Kier alpha value is -1.18. The van der Waals surface area contributed by atoms with Gasteiger partial charge in [-0.1, -0.05) is 129 Å². The van der Waals surface area contributed by atoms with Crippen LogP contribution in [0.25, 0.3) is 0 Å². The minimum Gasteiger partial charge on any atom is -0.498 e. The lowest BCUT2D eigenvalue weighted by Gasteiger charge is -2.19. The van der Waals surface area contributed by atoms with E-state index in [1.54, 1.807) is 6.26 Å². The maximum absolute atomic E-state index is 12.4. The van der Waals surface area contributed by atoms with Crippen LogP contribution in [-0.2, 0) is 27.9 Å². The predicted octanol–water partition coefficient (Wildman–Crippen LogP) is 10.1. The highest BCUT2D eigenvalue weighted by Gasteiger charge is 2.25. The van der Waals surface area contributed by atoms with Gasteiger partial charge in [0, 0.05) is 13.0 Å². The molecule has 0 aliphatic carbocycles. The maximum atomic E-state index is 12.4. The Bertz CT molecular complexity index is 732. The number of rotatable bonds is 34. The Morgan fingerprint density at radius 2 is 1.18 bits per heavy atom. The zero-order chi connectivity index (χ0) is 32.4. The highest BCUT2D eigenvalue weighted by molar-refractivity contribution is 7.47. The summed E-state index contributed by atoms with van der Waals surface area (Å²) in [5, 5.41) is 0. The molecule has 260 valence electrons. The van der Waals surface area contributed by atoms with E-state index in [1.807, 2.05) is 6.08 Å². The average Bonchev–Trinajstić information content (AvgIpc) is 3.01. The zero-order valence-corrected chi connectivity index (χ0v) is 29.3. The summed E-state index contributed by atoms with van der Waals surface area (Å²) in [4.78, 5) is 22.3. The molecule has 0 saturated carbocycles. The summed E-state index contributed by atoms with van der Waals surface area (Å²) in [6.07, 6.45) is 34.2. The summed E-state index contributed by atoms with van der Waals surface area (Å²) in [6.45, 7) is 4.18. The molecule has 0 aromatic carbocycles. The van der Waals surface area contributed by atoms with Crippen LogP contribution in [0.1, 0.15) is 162 Å². The molecule has 0 aliphatic rings. The lowest BCUT2D eigenvalue weighted by atomic mass is 10.0. The fourth-order valence-electron chi connectivity index (χ4n) is 4.77. The predicted molar refractivity (Wildman–Crippen MR) is 182 cm³/mol. The van der Waals surface area contributed by atoms with E-state index in [4.69, 9.17) is 24.3 Å². The molecule has 0 spiro atoms. The minimum atomic E-state index is -4.28. The summed E-state index contributed by atoms with van der Waals surface area (Å²) in [5.74, 6) is -0.364. The normalized spacial score (nSPS) is 13.9. The monoisotopic (exact) mass is 645 g/mol. The largest absolute Gasteiger partial charge is 0.498 e. The zero-order valence-electron chi connectivity index (χ0n) is 28.4. The quantitative estimate of drug-likeness (QED) is 0.0233. The molecule has 0 aliphatic heterocycles. The lowest BCUT2D eigenvalue weighted by molar-refractivity contribution is -0.153. The van der Waals surface area contributed by atoms with Crippen LogP contribution in [0.2, 0.25) is 0 Å². The summed E-state index contributed by atoms with van der Waals surface area (Å²) < 4.78 is 32.9. The fraction of sp³-hybridized carbons (Fsp3) is 0.857. The first kappa shape index (κ1) is 42.8. The van der Waals surface area contributed by atoms with Crippen LogP contribution in [0.5, 0.6) is 0 Å². The Morgan fingerprint density at radius 3 is 1.75 bits per heavy atom. The number of phosphoric acid groups is 1. The molecule has 2 atom stereocenters. The van der Waals surface area contributed by atoms with Crippen LogP contribution in [0, 0.1) is 0 Å². The van der Waals surface area contributed by atoms with Gasteiger partial charge in [0.25, 0.3) is 0 Å². The van der Waals surface area contributed by atoms with Crippen LogP contribution in [0.3, 0.4) is 0 Å². The van der Waals surface area contributed by atoms with E-state index in [-0.39, 0.29) is 32.3 Å². The van der Waals surface area contributed by atoms with Gasteiger partial charge in [-0.05, 0) is 44.6 Å². The number of hydrogen-bond donors (Lipinski definition) is 2. The molecule has 0 heterocycles. The molecular formula is C35H68NO7P. The molecule has 3 N–H and O–H groups in total. The number of hydrogen-bond acceptors (Lipinski definition) is 7. The number of carbonyl (C=O) groups excluding carboxylic acids is 1. The van der Waals surface area contributed by atoms with Crippen molar-refractivity contribution in [1.29, 1.82) is 0 Å². The number of ether oxygens (including phenoxy) is 2. The van der Waals surface area contributed by atoms with E-state index in [9.17, 15) is 14.3 Å². The molecule has 0 aromatic rings. The third-order valence-corrected chi connectivity index (χ3v) is 8.42. The van der Waals surface area contributed by atoms with Crippen molar-refractivity contribution in [3.05, 3.63) is 24.5 Å². The minimum absolute atomic E-state index is 0.0311. The number of nitrogens with two attached hydrogens (primary N) is 1. The molecule has 9 heteroatoms. The highest BCUT2D eigenvalue weighted by atomic mass is 31.2. The molecule has 0 radical (unpaired) electrons. The second kappa shape index (κ2) is 33.2. The fourth-order valence-corrected chi connectivity index (χ4v) is 5.53. The molecule has 0 aromatic heterocycles. The van der Waals surface area contributed by atoms with Crippen LogP contribution in [0.15, 0.2) is 24.5 Å². The molecule has 0 rings (SSSR count). The van der Waals surface area contributed by atoms with Gasteiger partial charge in [0.2, 0.25) is 0 Å². The summed E-state index contributed by atoms with van der Waals surface area (Å²) in [5.41, 5.74) is 5.33. The summed E-state index contributed by atoms with van der Waals surface area (Å²) in [7, 11) is -4.28. The van der Waals surface area contributed by atoms with E-state index in [2.05, 4.69) is 26.0 Å². The van der Waals surface area contributed by atoms with Gasteiger partial charge in [0.15, 0.2) is 6.10 Å². The Kier molecular flexibility index (Phi) is 32.3. The molecule has 8 nitrogen and oxygen atoms in total. The van der Waals surface area contributed by atoms with Crippen molar-refractivity contribution in [1.82, 2.24) is 0 Å².